The molecule has 1 saturated heterocycles. The van der Waals surface area contributed by atoms with E-state index in [0.29, 0.717) is 6.04 Å². The lowest BCUT2D eigenvalue weighted by molar-refractivity contribution is -1.02. The molecule has 2 aliphatic rings. The maximum Gasteiger partial charge on any atom is 0.278 e. The van der Waals surface area contributed by atoms with Crippen LogP contribution in [0, 0.1) is 0 Å². The molecule has 1 aliphatic carbocycles. The molecule has 1 aromatic rings. The maximum atomic E-state index is 12.2. The number of hydrogen-bond acceptors (Lipinski definition) is 1. The first-order chi connectivity index (χ1) is 11.2. The van der Waals surface area contributed by atoms with E-state index in [9.17, 15) is 4.79 Å². The fourth-order valence-corrected chi connectivity index (χ4v) is 3.23. The summed E-state index contributed by atoms with van der Waals surface area (Å²) in [7, 11) is 0. The summed E-state index contributed by atoms with van der Waals surface area (Å²) in [4.78, 5) is 15.2. The molecule has 4 heteroatoms. The van der Waals surface area contributed by atoms with E-state index in [2.05, 4.69) is 48.7 Å². The van der Waals surface area contributed by atoms with Crippen LogP contribution in [0.25, 0.3) is 6.08 Å². The van der Waals surface area contributed by atoms with Crippen LogP contribution in [0.2, 0.25) is 0 Å². The van der Waals surface area contributed by atoms with E-state index >= 15 is 0 Å². The molecule has 3 N–H and O–H groups in total. The van der Waals surface area contributed by atoms with Crippen molar-refractivity contribution in [3.8, 4) is 0 Å². The van der Waals surface area contributed by atoms with E-state index in [1.807, 2.05) is 6.07 Å². The molecule has 1 aromatic carbocycles. The van der Waals surface area contributed by atoms with Gasteiger partial charge >= 0.3 is 0 Å². The molecular weight excluding hydrogens is 286 g/mol. The van der Waals surface area contributed by atoms with Crippen LogP contribution < -0.4 is 15.1 Å². The van der Waals surface area contributed by atoms with Crippen molar-refractivity contribution in [3.05, 3.63) is 42.0 Å². The van der Waals surface area contributed by atoms with Gasteiger partial charge in [0.15, 0.2) is 6.04 Å². The normalized spacial score (nSPS) is 26.1. The van der Waals surface area contributed by atoms with Crippen LogP contribution in [0.1, 0.15) is 25.3 Å². The quantitative estimate of drug-likeness (QED) is 0.629. The number of amides is 1. The van der Waals surface area contributed by atoms with Crippen LogP contribution >= 0.6 is 0 Å². The standard InChI is InChI=1S/C19H27N3O/c1-16(19(23)20-18-9-10-18)22-14-12-21(13-15-22)11-5-8-17-6-3-2-4-7-17/h2-8,16,18H,9-15H2,1H3,(H,20,23)/p+2/b8-5+/t16-/m1/s1. The highest BCUT2D eigenvalue weighted by molar-refractivity contribution is 5.80. The summed E-state index contributed by atoms with van der Waals surface area (Å²) in [6.45, 7) is 7.63. The average Bonchev–Trinajstić information content (AvgIpc) is 3.40. The number of benzene rings is 1. The van der Waals surface area contributed by atoms with Gasteiger partial charge < -0.3 is 15.1 Å². The first-order valence-corrected chi connectivity index (χ1v) is 8.92. The Morgan fingerprint density at radius 2 is 1.91 bits per heavy atom. The Morgan fingerprint density at radius 1 is 1.22 bits per heavy atom. The van der Waals surface area contributed by atoms with Crippen molar-refractivity contribution in [1.29, 1.82) is 0 Å². The molecule has 124 valence electrons. The first kappa shape index (κ1) is 16.2. The Labute approximate surface area is 139 Å². The van der Waals surface area contributed by atoms with Gasteiger partial charge in [-0.25, -0.2) is 0 Å². The van der Waals surface area contributed by atoms with E-state index in [1.54, 1.807) is 4.90 Å². The Hall–Kier alpha value is -1.65. The molecular formula is C19H29N3O+2. The molecule has 0 aromatic heterocycles. The highest BCUT2D eigenvalue weighted by Crippen LogP contribution is 2.18. The molecule has 0 radical (unpaired) electrons. The fraction of sp³-hybridized carbons (Fsp3) is 0.526. The van der Waals surface area contributed by atoms with Crippen molar-refractivity contribution in [2.24, 2.45) is 0 Å². The molecule has 1 saturated carbocycles. The van der Waals surface area contributed by atoms with Gasteiger partial charge in [0.05, 0.1) is 6.54 Å². The minimum atomic E-state index is 0.0945. The van der Waals surface area contributed by atoms with Gasteiger partial charge in [0.25, 0.3) is 5.91 Å². The smallest absolute Gasteiger partial charge is 0.278 e. The van der Waals surface area contributed by atoms with Gasteiger partial charge in [-0.15, -0.1) is 0 Å². The number of hydrogen-bond donors (Lipinski definition) is 3. The Bertz CT molecular complexity index is 531. The second-order valence-electron chi connectivity index (χ2n) is 6.93. The van der Waals surface area contributed by atoms with E-state index in [1.165, 1.54) is 23.3 Å². The molecule has 1 aliphatic heterocycles. The summed E-state index contributed by atoms with van der Waals surface area (Å²) in [5.41, 5.74) is 1.27. The summed E-state index contributed by atoms with van der Waals surface area (Å²) in [6, 6.07) is 11.0. The lowest BCUT2D eigenvalue weighted by Gasteiger charge is -2.32. The molecule has 0 spiro atoms. The van der Waals surface area contributed by atoms with Gasteiger partial charge in [-0.3, -0.25) is 4.79 Å². The number of nitrogens with one attached hydrogen (secondary N) is 3. The second-order valence-corrected chi connectivity index (χ2v) is 6.93. The minimum Gasteiger partial charge on any atom is -0.348 e. The lowest BCUT2D eigenvalue weighted by atomic mass is 10.2. The fourth-order valence-electron chi connectivity index (χ4n) is 3.23. The molecule has 4 nitrogen and oxygen atoms in total. The van der Waals surface area contributed by atoms with Crippen LogP contribution in [0.4, 0.5) is 0 Å². The third kappa shape index (κ3) is 4.91. The zero-order chi connectivity index (χ0) is 16.1. The lowest BCUT2D eigenvalue weighted by Crippen LogP contribution is -3.30. The van der Waals surface area contributed by atoms with Crippen LogP contribution in [0.15, 0.2) is 36.4 Å². The third-order valence-electron chi connectivity index (χ3n) is 5.05. The second kappa shape index (κ2) is 7.75. The Morgan fingerprint density at radius 3 is 2.57 bits per heavy atom. The zero-order valence-electron chi connectivity index (χ0n) is 14.1. The number of quaternary nitrogens is 2. The number of rotatable bonds is 6. The van der Waals surface area contributed by atoms with E-state index < -0.39 is 0 Å². The van der Waals surface area contributed by atoms with Crippen molar-refractivity contribution in [2.45, 2.75) is 31.8 Å². The summed E-state index contributed by atoms with van der Waals surface area (Å²) in [5.74, 6) is 0.245. The molecule has 2 fully saturated rings. The predicted molar refractivity (Wildman–Crippen MR) is 92.4 cm³/mol. The van der Waals surface area contributed by atoms with Crippen LogP contribution in [0.5, 0.6) is 0 Å². The topological polar surface area (TPSA) is 38.0 Å². The molecule has 3 rings (SSSR count). The largest absolute Gasteiger partial charge is 0.348 e. The van der Waals surface area contributed by atoms with Crippen molar-refractivity contribution in [2.75, 3.05) is 32.7 Å². The van der Waals surface area contributed by atoms with Gasteiger partial charge in [0.1, 0.15) is 26.2 Å². The van der Waals surface area contributed by atoms with Gasteiger partial charge in [0.2, 0.25) is 0 Å². The number of carbonyl (C=O) groups excluding carboxylic acids is 1. The Balaban J connectivity index is 1.39. The zero-order valence-corrected chi connectivity index (χ0v) is 14.1. The van der Waals surface area contributed by atoms with Crippen LogP contribution in [-0.4, -0.2) is 50.7 Å². The third-order valence-corrected chi connectivity index (χ3v) is 5.05. The Kier molecular flexibility index (Phi) is 5.47. The number of piperazine rings is 1. The summed E-state index contributed by atoms with van der Waals surface area (Å²) in [6.07, 6.45) is 6.82. The molecule has 0 bridgehead atoms. The van der Waals surface area contributed by atoms with E-state index in [4.69, 9.17) is 0 Å². The van der Waals surface area contributed by atoms with Crippen LogP contribution in [0.3, 0.4) is 0 Å². The van der Waals surface area contributed by atoms with Crippen molar-refractivity contribution >= 4 is 12.0 Å². The van der Waals surface area contributed by atoms with Crippen LogP contribution in [-0.2, 0) is 4.79 Å². The summed E-state index contributed by atoms with van der Waals surface area (Å²) in [5, 5.41) is 3.14. The van der Waals surface area contributed by atoms with E-state index in [-0.39, 0.29) is 11.9 Å². The molecule has 1 heterocycles. The van der Waals surface area contributed by atoms with Crippen molar-refractivity contribution < 1.29 is 14.6 Å². The minimum absolute atomic E-state index is 0.0945. The van der Waals surface area contributed by atoms with Gasteiger partial charge in [-0.2, -0.15) is 0 Å². The van der Waals surface area contributed by atoms with Crippen molar-refractivity contribution in [1.82, 2.24) is 5.32 Å². The highest BCUT2D eigenvalue weighted by Gasteiger charge is 2.33. The average molecular weight is 315 g/mol. The van der Waals surface area contributed by atoms with Crippen molar-refractivity contribution in [3.63, 3.8) is 0 Å². The molecule has 1 amide bonds. The summed E-state index contributed by atoms with van der Waals surface area (Å²) < 4.78 is 0. The van der Waals surface area contributed by atoms with Gasteiger partial charge in [0, 0.05) is 6.04 Å². The summed E-state index contributed by atoms with van der Waals surface area (Å²) >= 11 is 0. The maximum absolute atomic E-state index is 12.2. The molecule has 23 heavy (non-hydrogen) atoms. The predicted octanol–water partition coefficient (Wildman–Crippen LogP) is -0.850. The van der Waals surface area contributed by atoms with Gasteiger partial charge in [-0.1, -0.05) is 36.4 Å². The molecule has 0 unspecified atom stereocenters. The first-order valence-electron chi connectivity index (χ1n) is 8.92. The highest BCUT2D eigenvalue weighted by atomic mass is 16.2. The monoisotopic (exact) mass is 315 g/mol. The number of carbonyl (C=O) groups is 1. The SMILES string of the molecule is C[C@H](C(=O)NC1CC1)[NH+]1CC[NH+](C/C=C/c2ccccc2)CC1. The molecule has 1 atom stereocenters. The van der Waals surface area contributed by atoms with Gasteiger partial charge in [-0.05, 0) is 31.4 Å². The van der Waals surface area contributed by atoms with E-state index in [0.717, 1.165) is 32.7 Å².